The molecule has 1 saturated heterocycles. The van der Waals surface area contributed by atoms with Gasteiger partial charge in [0.2, 0.25) is 0 Å². The van der Waals surface area contributed by atoms with Crippen LogP contribution in [0.2, 0.25) is 0 Å². The lowest BCUT2D eigenvalue weighted by atomic mass is 10.1. The molecule has 0 amide bonds. The molecule has 1 heterocycles. The van der Waals surface area contributed by atoms with Gasteiger partial charge in [0.25, 0.3) is 0 Å². The minimum absolute atomic E-state index is 0.179. The molecule has 2 rings (SSSR count). The second kappa shape index (κ2) is 6.15. The first-order valence-electron chi connectivity index (χ1n) is 6.34. The van der Waals surface area contributed by atoms with Crippen LogP contribution in [-0.4, -0.2) is 38.2 Å². The largest absolute Gasteiger partial charge is 0.377 e. The molecule has 0 aromatic heterocycles. The maximum absolute atomic E-state index is 5.36. The molecule has 1 aliphatic rings. The fourth-order valence-corrected chi connectivity index (χ4v) is 2.21. The van der Waals surface area contributed by atoms with Crippen LogP contribution in [0, 0.1) is 0 Å². The molecule has 1 aliphatic heterocycles. The van der Waals surface area contributed by atoms with Gasteiger partial charge in [0.15, 0.2) is 0 Å². The molecule has 94 valence electrons. The average molecular weight is 234 g/mol. The molecule has 3 heteroatoms. The Labute approximate surface area is 104 Å². The molecule has 1 aromatic carbocycles. The zero-order valence-electron chi connectivity index (χ0n) is 10.8. The summed E-state index contributed by atoms with van der Waals surface area (Å²) in [6.45, 7) is 7.63. The first-order valence-corrected chi connectivity index (χ1v) is 6.34. The highest BCUT2D eigenvalue weighted by atomic mass is 16.5. The van der Waals surface area contributed by atoms with E-state index in [1.807, 2.05) is 0 Å². The summed E-state index contributed by atoms with van der Waals surface area (Å²) < 4.78 is 5.36. The minimum atomic E-state index is 0.179. The van der Waals surface area contributed by atoms with Crippen LogP contribution in [-0.2, 0) is 11.3 Å². The van der Waals surface area contributed by atoms with Crippen LogP contribution in [0.5, 0.6) is 0 Å². The first-order chi connectivity index (χ1) is 8.29. The highest BCUT2D eigenvalue weighted by molar-refractivity contribution is 5.25. The smallest absolute Gasteiger partial charge is 0.0793 e. The second-order valence-corrected chi connectivity index (χ2v) is 4.65. The number of hydrogen-bond acceptors (Lipinski definition) is 3. The Morgan fingerprint density at radius 3 is 2.82 bits per heavy atom. The Kier molecular flexibility index (Phi) is 4.54. The number of rotatable bonds is 4. The molecule has 1 atom stereocenters. The Bertz CT molecular complexity index is 348. The number of benzene rings is 1. The van der Waals surface area contributed by atoms with E-state index in [4.69, 9.17) is 4.74 Å². The Morgan fingerprint density at radius 1 is 1.35 bits per heavy atom. The quantitative estimate of drug-likeness (QED) is 0.859. The summed E-state index contributed by atoms with van der Waals surface area (Å²) in [5.74, 6) is 0. The molecule has 1 unspecified atom stereocenters. The van der Waals surface area contributed by atoms with Crippen LogP contribution >= 0.6 is 0 Å². The van der Waals surface area contributed by atoms with Crippen LogP contribution in [0.1, 0.15) is 24.2 Å². The molecule has 1 fully saturated rings. The summed E-state index contributed by atoms with van der Waals surface area (Å²) in [4.78, 5) is 2.49. The monoisotopic (exact) mass is 234 g/mol. The Morgan fingerprint density at radius 2 is 2.12 bits per heavy atom. The van der Waals surface area contributed by atoms with Crippen molar-refractivity contribution in [3.63, 3.8) is 0 Å². The van der Waals surface area contributed by atoms with Gasteiger partial charge in [0.05, 0.1) is 6.10 Å². The third kappa shape index (κ3) is 3.53. The van der Waals surface area contributed by atoms with Gasteiger partial charge in [0.1, 0.15) is 0 Å². The van der Waals surface area contributed by atoms with E-state index < -0.39 is 0 Å². The van der Waals surface area contributed by atoms with Crippen molar-refractivity contribution >= 4 is 0 Å². The molecule has 17 heavy (non-hydrogen) atoms. The van der Waals surface area contributed by atoms with Crippen LogP contribution in [0.4, 0.5) is 0 Å². The van der Waals surface area contributed by atoms with Gasteiger partial charge in [-0.25, -0.2) is 0 Å². The van der Waals surface area contributed by atoms with E-state index in [1.165, 1.54) is 11.1 Å². The highest BCUT2D eigenvalue weighted by Gasteiger charge is 2.10. The van der Waals surface area contributed by atoms with Crippen molar-refractivity contribution < 1.29 is 4.74 Å². The van der Waals surface area contributed by atoms with Crippen LogP contribution in [0.15, 0.2) is 24.3 Å². The number of piperazine rings is 1. The summed E-state index contributed by atoms with van der Waals surface area (Å²) in [5.41, 5.74) is 2.65. The molecule has 0 aliphatic carbocycles. The lowest BCUT2D eigenvalue weighted by Gasteiger charge is -2.27. The van der Waals surface area contributed by atoms with E-state index in [9.17, 15) is 0 Å². The number of nitrogens with zero attached hydrogens (tertiary/aromatic N) is 1. The molecule has 0 spiro atoms. The van der Waals surface area contributed by atoms with E-state index in [0.717, 1.165) is 32.7 Å². The molecular formula is C14H22N2O. The SMILES string of the molecule is COC(C)c1cccc(CN2CCNCC2)c1. The predicted octanol–water partition coefficient (Wildman–Crippen LogP) is 1.80. The third-order valence-electron chi connectivity index (χ3n) is 3.39. The van der Waals surface area contributed by atoms with Crippen LogP contribution < -0.4 is 5.32 Å². The summed E-state index contributed by atoms with van der Waals surface area (Å²) in [7, 11) is 1.76. The fourth-order valence-electron chi connectivity index (χ4n) is 2.21. The number of hydrogen-bond donors (Lipinski definition) is 1. The highest BCUT2D eigenvalue weighted by Crippen LogP contribution is 2.17. The Hall–Kier alpha value is -0.900. The van der Waals surface area contributed by atoms with E-state index in [2.05, 4.69) is 41.4 Å². The van der Waals surface area contributed by atoms with E-state index in [1.54, 1.807) is 7.11 Å². The maximum atomic E-state index is 5.36. The second-order valence-electron chi connectivity index (χ2n) is 4.65. The Balaban J connectivity index is 2.00. The summed E-state index contributed by atoms with van der Waals surface area (Å²) in [5, 5.41) is 3.38. The lowest BCUT2D eigenvalue weighted by Crippen LogP contribution is -2.42. The average Bonchev–Trinajstić information content (AvgIpc) is 2.39. The molecular weight excluding hydrogens is 212 g/mol. The standard InChI is InChI=1S/C14H22N2O/c1-12(17-2)14-5-3-4-13(10-14)11-16-8-6-15-7-9-16/h3-5,10,12,15H,6-9,11H2,1-2H3. The third-order valence-corrected chi connectivity index (χ3v) is 3.39. The van der Waals surface area contributed by atoms with E-state index >= 15 is 0 Å². The van der Waals surface area contributed by atoms with Crippen molar-refractivity contribution in [2.24, 2.45) is 0 Å². The number of ether oxygens (including phenoxy) is 1. The predicted molar refractivity (Wildman–Crippen MR) is 70.0 cm³/mol. The van der Waals surface area contributed by atoms with Crippen molar-refractivity contribution in [3.8, 4) is 0 Å². The molecule has 0 saturated carbocycles. The van der Waals surface area contributed by atoms with Crippen LogP contribution in [0.25, 0.3) is 0 Å². The minimum Gasteiger partial charge on any atom is -0.377 e. The van der Waals surface area contributed by atoms with Gasteiger partial charge in [-0.15, -0.1) is 0 Å². The van der Waals surface area contributed by atoms with Gasteiger partial charge in [-0.05, 0) is 18.1 Å². The zero-order valence-corrected chi connectivity index (χ0v) is 10.8. The zero-order chi connectivity index (χ0) is 12.1. The summed E-state index contributed by atoms with van der Waals surface area (Å²) in [6, 6.07) is 8.72. The van der Waals surface area contributed by atoms with Gasteiger partial charge in [-0.1, -0.05) is 24.3 Å². The van der Waals surface area contributed by atoms with E-state index in [-0.39, 0.29) is 6.10 Å². The molecule has 3 nitrogen and oxygen atoms in total. The van der Waals surface area contributed by atoms with Gasteiger partial charge in [-0.3, -0.25) is 4.90 Å². The van der Waals surface area contributed by atoms with Crippen molar-refractivity contribution in [3.05, 3.63) is 35.4 Å². The maximum Gasteiger partial charge on any atom is 0.0793 e. The van der Waals surface area contributed by atoms with Crippen molar-refractivity contribution in [1.82, 2.24) is 10.2 Å². The van der Waals surface area contributed by atoms with Gasteiger partial charge in [0, 0.05) is 39.8 Å². The number of methoxy groups -OCH3 is 1. The number of nitrogens with one attached hydrogen (secondary N) is 1. The van der Waals surface area contributed by atoms with Gasteiger partial charge in [-0.2, -0.15) is 0 Å². The van der Waals surface area contributed by atoms with Gasteiger partial charge >= 0.3 is 0 Å². The van der Waals surface area contributed by atoms with Crippen molar-refractivity contribution in [2.45, 2.75) is 19.6 Å². The van der Waals surface area contributed by atoms with Crippen LogP contribution in [0.3, 0.4) is 0 Å². The molecule has 0 bridgehead atoms. The topological polar surface area (TPSA) is 24.5 Å². The fraction of sp³-hybridized carbons (Fsp3) is 0.571. The summed E-state index contributed by atoms with van der Waals surface area (Å²) in [6.07, 6.45) is 0.179. The van der Waals surface area contributed by atoms with Crippen molar-refractivity contribution in [1.29, 1.82) is 0 Å². The molecule has 0 radical (unpaired) electrons. The van der Waals surface area contributed by atoms with Gasteiger partial charge < -0.3 is 10.1 Å². The van der Waals surface area contributed by atoms with E-state index in [0.29, 0.717) is 0 Å². The van der Waals surface area contributed by atoms with Crippen molar-refractivity contribution in [2.75, 3.05) is 33.3 Å². The normalized spacial score (nSPS) is 19.2. The molecule has 1 N–H and O–H groups in total. The lowest BCUT2D eigenvalue weighted by molar-refractivity contribution is 0.119. The molecule has 1 aromatic rings. The first kappa shape index (κ1) is 12.6. The summed E-state index contributed by atoms with van der Waals surface area (Å²) >= 11 is 0.